The zero-order valence-corrected chi connectivity index (χ0v) is 14.3. The number of morpholine rings is 1. The van der Waals surface area contributed by atoms with Gasteiger partial charge in [0.05, 0.1) is 29.7 Å². The molecule has 8 heteroatoms. The summed E-state index contributed by atoms with van der Waals surface area (Å²) in [6.45, 7) is 3.05. The van der Waals surface area contributed by atoms with Crippen molar-refractivity contribution < 1.29 is 18.7 Å². The van der Waals surface area contributed by atoms with E-state index in [4.69, 9.17) is 20.8 Å². The Morgan fingerprint density at radius 1 is 1.28 bits per heavy atom. The van der Waals surface area contributed by atoms with Crippen LogP contribution in [0.4, 0.5) is 11.4 Å². The molecule has 1 saturated heterocycles. The second-order valence-electron chi connectivity index (χ2n) is 5.62. The van der Waals surface area contributed by atoms with E-state index in [2.05, 4.69) is 16.0 Å². The smallest absolute Gasteiger partial charge is 0.291 e. The van der Waals surface area contributed by atoms with Crippen LogP contribution >= 0.6 is 11.6 Å². The standard InChI is InChI=1S/C17H18ClN3O4/c1-10-15(19-6-8-24-10)17(23)20-11-4-5-13(12(18)9-11)21-16(22)14-3-2-7-25-14/h2-5,7,9-10,15,19H,6,8H2,1H3,(H,20,23)(H,21,22)/t10-,15+/m1/s1. The quantitative estimate of drug-likeness (QED) is 0.776. The van der Waals surface area contributed by atoms with E-state index in [0.29, 0.717) is 29.5 Å². The zero-order valence-electron chi connectivity index (χ0n) is 13.5. The highest BCUT2D eigenvalue weighted by Gasteiger charge is 2.28. The van der Waals surface area contributed by atoms with E-state index in [1.165, 1.54) is 6.26 Å². The van der Waals surface area contributed by atoms with Gasteiger partial charge in [-0.2, -0.15) is 0 Å². The maximum Gasteiger partial charge on any atom is 0.291 e. The summed E-state index contributed by atoms with van der Waals surface area (Å²) < 4.78 is 10.5. The van der Waals surface area contributed by atoms with Crippen LogP contribution in [0.5, 0.6) is 0 Å². The van der Waals surface area contributed by atoms with Crippen molar-refractivity contribution >= 4 is 34.8 Å². The fraction of sp³-hybridized carbons (Fsp3) is 0.294. The molecule has 2 aromatic rings. The largest absolute Gasteiger partial charge is 0.459 e. The van der Waals surface area contributed by atoms with Gasteiger partial charge in [0.25, 0.3) is 5.91 Å². The number of benzene rings is 1. The van der Waals surface area contributed by atoms with Crippen LogP contribution in [-0.2, 0) is 9.53 Å². The third kappa shape index (κ3) is 4.19. The Labute approximate surface area is 149 Å². The van der Waals surface area contributed by atoms with Crippen molar-refractivity contribution in [2.75, 3.05) is 23.8 Å². The van der Waals surface area contributed by atoms with Gasteiger partial charge in [-0.1, -0.05) is 11.6 Å². The van der Waals surface area contributed by atoms with E-state index < -0.39 is 11.9 Å². The molecule has 0 bridgehead atoms. The van der Waals surface area contributed by atoms with Crippen LogP contribution in [0.3, 0.4) is 0 Å². The van der Waals surface area contributed by atoms with Crippen molar-refractivity contribution in [3.8, 4) is 0 Å². The topological polar surface area (TPSA) is 92.6 Å². The van der Waals surface area contributed by atoms with Crippen LogP contribution < -0.4 is 16.0 Å². The highest BCUT2D eigenvalue weighted by Crippen LogP contribution is 2.26. The summed E-state index contributed by atoms with van der Waals surface area (Å²) in [5, 5.41) is 8.87. The van der Waals surface area contributed by atoms with Gasteiger partial charge in [-0.15, -0.1) is 0 Å². The summed E-state index contributed by atoms with van der Waals surface area (Å²) >= 11 is 6.20. The molecule has 2 atom stereocenters. The summed E-state index contributed by atoms with van der Waals surface area (Å²) in [5.74, 6) is -0.414. The van der Waals surface area contributed by atoms with Crippen LogP contribution in [0.25, 0.3) is 0 Å². The lowest BCUT2D eigenvalue weighted by Gasteiger charge is -2.29. The minimum atomic E-state index is -0.425. The molecular weight excluding hydrogens is 346 g/mol. The van der Waals surface area contributed by atoms with E-state index in [0.717, 1.165) is 0 Å². The second kappa shape index (κ2) is 7.69. The first-order chi connectivity index (χ1) is 12.0. The van der Waals surface area contributed by atoms with E-state index in [1.54, 1.807) is 30.3 Å². The molecule has 0 saturated carbocycles. The van der Waals surface area contributed by atoms with Gasteiger partial charge in [0.1, 0.15) is 6.04 Å². The van der Waals surface area contributed by atoms with Crippen molar-refractivity contribution in [2.45, 2.75) is 19.1 Å². The normalized spacial score (nSPS) is 20.1. The Morgan fingerprint density at radius 2 is 2.12 bits per heavy atom. The molecule has 0 aliphatic carbocycles. The average Bonchev–Trinajstić information content (AvgIpc) is 3.12. The molecule has 2 amide bonds. The number of amides is 2. The van der Waals surface area contributed by atoms with Crippen molar-refractivity contribution in [2.24, 2.45) is 0 Å². The number of halogens is 1. The van der Waals surface area contributed by atoms with Crippen LogP contribution in [0.1, 0.15) is 17.5 Å². The number of hydrogen-bond donors (Lipinski definition) is 3. The van der Waals surface area contributed by atoms with Gasteiger partial charge in [0.2, 0.25) is 5.91 Å². The number of anilines is 2. The number of carbonyl (C=O) groups is 2. The van der Waals surface area contributed by atoms with Crippen LogP contribution in [-0.4, -0.2) is 37.1 Å². The molecule has 0 unspecified atom stereocenters. The molecule has 0 radical (unpaired) electrons. The highest BCUT2D eigenvalue weighted by atomic mass is 35.5. The lowest BCUT2D eigenvalue weighted by Crippen LogP contribution is -2.53. The van der Waals surface area contributed by atoms with Gasteiger partial charge >= 0.3 is 0 Å². The highest BCUT2D eigenvalue weighted by molar-refractivity contribution is 6.34. The Hall–Kier alpha value is -2.35. The van der Waals surface area contributed by atoms with Gasteiger partial charge in [0, 0.05) is 12.2 Å². The Kier molecular flexibility index (Phi) is 5.37. The van der Waals surface area contributed by atoms with Crippen LogP contribution in [0.2, 0.25) is 5.02 Å². The molecule has 3 N–H and O–H groups in total. The Balaban J connectivity index is 1.65. The average molecular weight is 364 g/mol. The molecule has 7 nitrogen and oxygen atoms in total. The molecule has 1 aliphatic heterocycles. The maximum atomic E-state index is 12.3. The minimum Gasteiger partial charge on any atom is -0.459 e. The van der Waals surface area contributed by atoms with Crippen LogP contribution in [0, 0.1) is 0 Å². The third-order valence-corrected chi connectivity index (χ3v) is 4.14. The molecule has 1 aliphatic rings. The van der Waals surface area contributed by atoms with E-state index in [1.807, 2.05) is 6.92 Å². The van der Waals surface area contributed by atoms with E-state index >= 15 is 0 Å². The summed E-state index contributed by atoms with van der Waals surface area (Å²) in [5.41, 5.74) is 0.958. The monoisotopic (exact) mass is 363 g/mol. The fourth-order valence-electron chi connectivity index (χ4n) is 2.53. The lowest BCUT2D eigenvalue weighted by molar-refractivity contribution is -0.123. The molecule has 25 heavy (non-hydrogen) atoms. The van der Waals surface area contributed by atoms with Gasteiger partial charge in [-0.05, 0) is 37.3 Å². The summed E-state index contributed by atoms with van der Waals surface area (Å²) in [4.78, 5) is 24.3. The number of furan rings is 1. The molecular formula is C17H18ClN3O4. The van der Waals surface area contributed by atoms with E-state index in [-0.39, 0.29) is 17.8 Å². The molecule has 2 heterocycles. The van der Waals surface area contributed by atoms with Crippen LogP contribution in [0.15, 0.2) is 41.0 Å². The van der Waals surface area contributed by atoms with Crippen molar-refractivity contribution in [1.29, 1.82) is 0 Å². The Morgan fingerprint density at radius 3 is 2.80 bits per heavy atom. The van der Waals surface area contributed by atoms with Gasteiger partial charge in [-0.3, -0.25) is 9.59 Å². The van der Waals surface area contributed by atoms with Crippen molar-refractivity contribution in [3.05, 3.63) is 47.4 Å². The molecule has 132 valence electrons. The fourth-order valence-corrected chi connectivity index (χ4v) is 2.76. The maximum absolute atomic E-state index is 12.3. The Bertz CT molecular complexity index is 763. The molecule has 0 spiro atoms. The molecule has 1 aromatic carbocycles. The number of rotatable bonds is 4. The van der Waals surface area contributed by atoms with Gasteiger partial charge in [0.15, 0.2) is 5.76 Å². The third-order valence-electron chi connectivity index (χ3n) is 3.83. The van der Waals surface area contributed by atoms with E-state index in [9.17, 15) is 9.59 Å². The van der Waals surface area contributed by atoms with Gasteiger partial charge in [-0.25, -0.2) is 0 Å². The first kappa shape index (κ1) is 17.5. The van der Waals surface area contributed by atoms with Crippen molar-refractivity contribution in [3.63, 3.8) is 0 Å². The molecule has 1 fully saturated rings. The van der Waals surface area contributed by atoms with Gasteiger partial charge < -0.3 is 25.1 Å². The molecule has 3 rings (SSSR count). The molecule has 1 aromatic heterocycles. The number of nitrogens with one attached hydrogen (secondary N) is 3. The summed E-state index contributed by atoms with van der Waals surface area (Å²) in [6, 6.07) is 7.61. The van der Waals surface area contributed by atoms with Crippen molar-refractivity contribution in [1.82, 2.24) is 5.32 Å². The zero-order chi connectivity index (χ0) is 17.8. The first-order valence-corrected chi connectivity index (χ1v) is 8.22. The summed E-state index contributed by atoms with van der Waals surface area (Å²) in [7, 11) is 0. The number of carbonyl (C=O) groups excluding carboxylic acids is 2. The first-order valence-electron chi connectivity index (χ1n) is 7.85. The summed E-state index contributed by atoms with van der Waals surface area (Å²) in [6.07, 6.45) is 1.20. The second-order valence-corrected chi connectivity index (χ2v) is 6.03. The number of ether oxygens (including phenoxy) is 1. The lowest BCUT2D eigenvalue weighted by atomic mass is 10.1. The minimum absolute atomic E-state index is 0.186. The predicted octanol–water partition coefficient (Wildman–Crippen LogP) is 2.50. The predicted molar refractivity (Wildman–Crippen MR) is 93.9 cm³/mol. The SMILES string of the molecule is C[C@H]1OCCN[C@@H]1C(=O)Nc1ccc(NC(=O)c2ccco2)c(Cl)c1. The number of hydrogen-bond acceptors (Lipinski definition) is 5.